The summed E-state index contributed by atoms with van der Waals surface area (Å²) in [7, 11) is 0. The molecule has 1 aromatic heterocycles. The van der Waals surface area contributed by atoms with Gasteiger partial charge in [-0.1, -0.05) is 67.6 Å². The fraction of sp³-hybridized carbons (Fsp3) is 0.353. The Labute approximate surface area is 235 Å². The molecule has 0 bridgehead atoms. The zero-order chi connectivity index (χ0) is 28.1. The Bertz CT molecular complexity index is 1470. The van der Waals surface area contributed by atoms with Crippen LogP contribution in [0.4, 0.5) is 4.39 Å². The molecule has 1 amide bonds. The molecule has 0 saturated heterocycles. The summed E-state index contributed by atoms with van der Waals surface area (Å²) in [5.41, 5.74) is 5.25. The van der Waals surface area contributed by atoms with E-state index >= 15 is 0 Å². The predicted octanol–water partition coefficient (Wildman–Crippen LogP) is 6.15. The first kappa shape index (κ1) is 27.6. The van der Waals surface area contributed by atoms with E-state index in [1.807, 2.05) is 47.9 Å². The van der Waals surface area contributed by atoms with Crippen LogP contribution in [0.2, 0.25) is 0 Å². The molecule has 0 radical (unpaired) electrons. The van der Waals surface area contributed by atoms with E-state index in [2.05, 4.69) is 29.2 Å². The molecule has 5 nitrogen and oxygen atoms in total. The minimum atomic E-state index is -0.306. The normalized spacial score (nSPS) is 15.4. The number of benzene rings is 3. The van der Waals surface area contributed by atoms with Crippen molar-refractivity contribution in [3.8, 4) is 0 Å². The Morgan fingerprint density at radius 2 is 1.73 bits per heavy atom. The summed E-state index contributed by atoms with van der Waals surface area (Å²) in [5, 5.41) is 0.816. The lowest BCUT2D eigenvalue weighted by Gasteiger charge is -2.36. The zero-order valence-electron chi connectivity index (χ0n) is 23.3. The SMILES string of the molecule is CCOC(=O)Cn1c2c(c3cc(F)ccc31)C[C@@H](N(CCc1ccccc1)C(=O)[C@@H](C)Cc1ccccc1)CC2. The molecule has 0 spiro atoms. The standard InChI is InChI=1S/C34H37FN2O3/c1-3-40-33(38)23-37-31-16-14-27(35)21-29(31)30-22-28(15-17-32(30)37)36(19-18-25-10-6-4-7-11-25)34(39)24(2)20-26-12-8-5-9-13-26/h4-14,16,21,24,28H,3,15,17-20,22-23H2,1-2H3/t24-,28-/m0/s1. The number of rotatable bonds is 10. The van der Waals surface area contributed by atoms with Crippen LogP contribution in [-0.4, -0.2) is 40.5 Å². The summed E-state index contributed by atoms with van der Waals surface area (Å²) >= 11 is 0. The van der Waals surface area contributed by atoms with E-state index in [9.17, 15) is 14.0 Å². The number of esters is 1. The van der Waals surface area contributed by atoms with Gasteiger partial charge < -0.3 is 14.2 Å². The van der Waals surface area contributed by atoms with E-state index in [1.54, 1.807) is 19.1 Å². The van der Waals surface area contributed by atoms with Crippen LogP contribution in [0.1, 0.15) is 42.7 Å². The molecule has 1 heterocycles. The summed E-state index contributed by atoms with van der Waals surface area (Å²) < 4.78 is 21.6. The van der Waals surface area contributed by atoms with Gasteiger partial charge in [-0.25, -0.2) is 4.39 Å². The maximum Gasteiger partial charge on any atom is 0.325 e. The third kappa shape index (κ3) is 6.11. The van der Waals surface area contributed by atoms with E-state index in [0.29, 0.717) is 32.4 Å². The maximum absolute atomic E-state index is 14.4. The molecule has 6 heteroatoms. The summed E-state index contributed by atoms with van der Waals surface area (Å²) in [5.74, 6) is -0.626. The molecule has 3 aromatic carbocycles. The number of hydrogen-bond acceptors (Lipinski definition) is 3. The van der Waals surface area contributed by atoms with Crippen LogP contribution < -0.4 is 0 Å². The van der Waals surface area contributed by atoms with E-state index in [-0.39, 0.29) is 36.2 Å². The van der Waals surface area contributed by atoms with Crippen LogP contribution >= 0.6 is 0 Å². The molecular formula is C34H37FN2O3. The summed E-state index contributed by atoms with van der Waals surface area (Å²) in [6.07, 6.45) is 3.57. The lowest BCUT2D eigenvalue weighted by Crippen LogP contribution is -2.47. The van der Waals surface area contributed by atoms with Crippen molar-refractivity contribution >= 4 is 22.8 Å². The van der Waals surface area contributed by atoms with Crippen molar-refractivity contribution in [2.75, 3.05) is 13.2 Å². The van der Waals surface area contributed by atoms with Crippen LogP contribution in [0.3, 0.4) is 0 Å². The number of carbonyl (C=O) groups excluding carboxylic acids is 2. The second-order valence-corrected chi connectivity index (χ2v) is 10.7. The van der Waals surface area contributed by atoms with Crippen LogP contribution in [0.25, 0.3) is 10.9 Å². The van der Waals surface area contributed by atoms with Crippen molar-refractivity contribution in [1.82, 2.24) is 9.47 Å². The van der Waals surface area contributed by atoms with Crippen LogP contribution in [0.15, 0.2) is 78.9 Å². The quantitative estimate of drug-likeness (QED) is 0.227. The second kappa shape index (κ2) is 12.5. The smallest absolute Gasteiger partial charge is 0.325 e. The van der Waals surface area contributed by atoms with Crippen molar-refractivity contribution in [2.24, 2.45) is 5.92 Å². The predicted molar refractivity (Wildman–Crippen MR) is 156 cm³/mol. The van der Waals surface area contributed by atoms with E-state index < -0.39 is 0 Å². The van der Waals surface area contributed by atoms with E-state index in [1.165, 1.54) is 11.6 Å². The minimum absolute atomic E-state index is 0.00755. The highest BCUT2D eigenvalue weighted by Gasteiger charge is 2.33. The van der Waals surface area contributed by atoms with Crippen molar-refractivity contribution in [3.05, 3.63) is 107 Å². The first-order valence-corrected chi connectivity index (χ1v) is 14.3. The summed E-state index contributed by atoms with van der Waals surface area (Å²) in [6.45, 7) is 4.84. The second-order valence-electron chi connectivity index (χ2n) is 10.7. The Balaban J connectivity index is 1.45. The third-order valence-corrected chi connectivity index (χ3v) is 8.01. The topological polar surface area (TPSA) is 51.5 Å². The van der Waals surface area contributed by atoms with Gasteiger partial charge in [-0.2, -0.15) is 0 Å². The third-order valence-electron chi connectivity index (χ3n) is 8.01. The summed E-state index contributed by atoms with van der Waals surface area (Å²) in [6, 6.07) is 25.1. The van der Waals surface area contributed by atoms with Gasteiger partial charge in [0.2, 0.25) is 5.91 Å². The van der Waals surface area contributed by atoms with Gasteiger partial charge in [0.1, 0.15) is 12.4 Å². The molecule has 208 valence electrons. The van der Waals surface area contributed by atoms with E-state index in [4.69, 9.17) is 4.74 Å². The highest BCUT2D eigenvalue weighted by molar-refractivity contribution is 5.88. The van der Waals surface area contributed by atoms with Gasteiger partial charge in [-0.3, -0.25) is 9.59 Å². The first-order chi connectivity index (χ1) is 19.4. The van der Waals surface area contributed by atoms with Crippen molar-refractivity contribution in [2.45, 2.75) is 58.5 Å². The monoisotopic (exact) mass is 540 g/mol. The van der Waals surface area contributed by atoms with Gasteiger partial charge in [0.05, 0.1) is 6.61 Å². The maximum atomic E-state index is 14.4. The average Bonchev–Trinajstić information content (AvgIpc) is 3.26. The highest BCUT2D eigenvalue weighted by Crippen LogP contribution is 2.35. The molecule has 4 aromatic rings. The number of halogens is 1. The first-order valence-electron chi connectivity index (χ1n) is 14.3. The van der Waals surface area contributed by atoms with Crippen molar-refractivity contribution in [3.63, 3.8) is 0 Å². The molecule has 0 N–H and O–H groups in total. The van der Waals surface area contributed by atoms with Gasteiger partial charge in [-0.05, 0) is 73.9 Å². The molecular weight excluding hydrogens is 503 g/mol. The Kier molecular flexibility index (Phi) is 8.63. The molecule has 5 rings (SSSR count). The van der Waals surface area contributed by atoms with Gasteiger partial charge in [0.25, 0.3) is 0 Å². The molecule has 1 aliphatic carbocycles. The number of ether oxygens (including phenoxy) is 1. The molecule has 40 heavy (non-hydrogen) atoms. The lowest BCUT2D eigenvalue weighted by molar-refractivity contribution is -0.143. The van der Waals surface area contributed by atoms with Crippen molar-refractivity contribution in [1.29, 1.82) is 0 Å². The van der Waals surface area contributed by atoms with Crippen molar-refractivity contribution < 1.29 is 18.7 Å². The summed E-state index contributed by atoms with van der Waals surface area (Å²) in [4.78, 5) is 28.5. The van der Waals surface area contributed by atoms with E-state index in [0.717, 1.165) is 40.6 Å². The molecule has 0 fully saturated rings. The van der Waals surface area contributed by atoms with Gasteiger partial charge in [-0.15, -0.1) is 0 Å². The Morgan fingerprint density at radius 3 is 2.42 bits per heavy atom. The average molecular weight is 541 g/mol. The zero-order valence-corrected chi connectivity index (χ0v) is 23.3. The molecule has 0 aliphatic heterocycles. The molecule has 0 unspecified atom stereocenters. The number of aromatic nitrogens is 1. The van der Waals surface area contributed by atoms with Crippen LogP contribution in [-0.2, 0) is 46.6 Å². The molecule has 0 saturated carbocycles. The van der Waals surface area contributed by atoms with Gasteiger partial charge >= 0.3 is 5.97 Å². The number of carbonyl (C=O) groups is 2. The Hall–Kier alpha value is -3.93. The van der Waals surface area contributed by atoms with Crippen LogP contribution in [0.5, 0.6) is 0 Å². The molecule has 1 aliphatic rings. The molecule has 2 atom stereocenters. The number of hydrogen-bond donors (Lipinski definition) is 0. The number of amides is 1. The Morgan fingerprint density at radius 1 is 1.02 bits per heavy atom. The number of nitrogens with zero attached hydrogens (tertiary/aromatic N) is 2. The lowest BCUT2D eigenvalue weighted by atomic mass is 9.89. The fourth-order valence-corrected chi connectivity index (χ4v) is 6.09. The highest BCUT2D eigenvalue weighted by atomic mass is 19.1. The largest absolute Gasteiger partial charge is 0.465 e. The fourth-order valence-electron chi connectivity index (χ4n) is 6.09. The van der Waals surface area contributed by atoms with Gasteiger partial charge in [0, 0.05) is 35.1 Å². The van der Waals surface area contributed by atoms with Crippen LogP contribution in [0, 0.1) is 11.7 Å². The number of fused-ring (bicyclic) bond motifs is 3. The van der Waals surface area contributed by atoms with Gasteiger partial charge in [0.15, 0.2) is 0 Å². The minimum Gasteiger partial charge on any atom is -0.465 e.